The second-order valence-electron chi connectivity index (χ2n) is 6.23. The summed E-state index contributed by atoms with van der Waals surface area (Å²) in [5.74, 6) is 1.56. The van der Waals surface area contributed by atoms with E-state index in [-0.39, 0.29) is 24.5 Å². The predicted octanol–water partition coefficient (Wildman–Crippen LogP) is 2.36. The van der Waals surface area contributed by atoms with E-state index < -0.39 is 0 Å². The van der Waals surface area contributed by atoms with Gasteiger partial charge >= 0.3 is 0 Å². The fourth-order valence-electron chi connectivity index (χ4n) is 2.21. The van der Waals surface area contributed by atoms with Gasteiger partial charge in [-0.1, -0.05) is 12.1 Å². The van der Waals surface area contributed by atoms with Crippen molar-refractivity contribution < 1.29 is 14.4 Å². The Hall–Kier alpha value is -2.21. The lowest BCUT2D eigenvalue weighted by Gasteiger charge is -2.19. The van der Waals surface area contributed by atoms with E-state index in [4.69, 9.17) is 9.63 Å². The SMILES string of the molecule is CC(CO)C(C)NC(=O)c1ccc(-c2nc(C3CC3)no2)cc1. The van der Waals surface area contributed by atoms with Gasteiger partial charge in [0.15, 0.2) is 5.82 Å². The molecule has 23 heavy (non-hydrogen) atoms. The molecule has 0 saturated heterocycles. The number of hydrogen-bond acceptors (Lipinski definition) is 5. The Bertz CT molecular complexity index is 677. The molecule has 2 unspecified atom stereocenters. The van der Waals surface area contributed by atoms with Crippen molar-refractivity contribution in [1.82, 2.24) is 15.5 Å². The number of hydrogen-bond donors (Lipinski definition) is 2. The van der Waals surface area contributed by atoms with E-state index in [1.807, 2.05) is 13.8 Å². The van der Waals surface area contributed by atoms with Gasteiger partial charge in [-0.2, -0.15) is 4.98 Å². The summed E-state index contributed by atoms with van der Waals surface area (Å²) in [6, 6.07) is 6.99. The van der Waals surface area contributed by atoms with Crippen molar-refractivity contribution in [1.29, 1.82) is 0 Å². The number of carbonyl (C=O) groups is 1. The fourth-order valence-corrected chi connectivity index (χ4v) is 2.21. The van der Waals surface area contributed by atoms with Crippen LogP contribution in [0.5, 0.6) is 0 Å². The molecule has 6 nitrogen and oxygen atoms in total. The van der Waals surface area contributed by atoms with Crippen LogP contribution in [0.1, 0.15) is 48.8 Å². The number of nitrogens with one attached hydrogen (secondary N) is 1. The number of nitrogens with zero attached hydrogens (tertiary/aromatic N) is 2. The van der Waals surface area contributed by atoms with Crippen molar-refractivity contribution in [2.24, 2.45) is 5.92 Å². The fraction of sp³-hybridized carbons (Fsp3) is 0.471. The highest BCUT2D eigenvalue weighted by atomic mass is 16.5. The minimum atomic E-state index is -0.159. The van der Waals surface area contributed by atoms with Crippen LogP contribution in [0.2, 0.25) is 0 Å². The lowest BCUT2D eigenvalue weighted by Crippen LogP contribution is -2.38. The highest BCUT2D eigenvalue weighted by Gasteiger charge is 2.29. The maximum Gasteiger partial charge on any atom is 0.257 e. The first-order valence-corrected chi connectivity index (χ1v) is 7.94. The van der Waals surface area contributed by atoms with Gasteiger partial charge in [-0.3, -0.25) is 4.79 Å². The molecule has 0 aliphatic heterocycles. The van der Waals surface area contributed by atoms with Gasteiger partial charge in [0.2, 0.25) is 0 Å². The summed E-state index contributed by atoms with van der Waals surface area (Å²) in [6.07, 6.45) is 2.26. The highest BCUT2D eigenvalue weighted by Crippen LogP contribution is 2.38. The summed E-state index contributed by atoms with van der Waals surface area (Å²) in [6.45, 7) is 3.81. The number of aliphatic hydroxyl groups is 1. The maximum absolute atomic E-state index is 12.2. The molecule has 0 radical (unpaired) electrons. The first-order chi connectivity index (χ1) is 11.1. The van der Waals surface area contributed by atoms with Gasteiger partial charge in [0.05, 0.1) is 0 Å². The summed E-state index contributed by atoms with van der Waals surface area (Å²) in [5.41, 5.74) is 1.37. The maximum atomic E-state index is 12.2. The summed E-state index contributed by atoms with van der Waals surface area (Å²) in [7, 11) is 0. The summed E-state index contributed by atoms with van der Waals surface area (Å²) in [5, 5.41) is 16.0. The monoisotopic (exact) mass is 315 g/mol. The van der Waals surface area contributed by atoms with Crippen molar-refractivity contribution in [2.75, 3.05) is 6.61 Å². The lowest BCUT2D eigenvalue weighted by molar-refractivity contribution is 0.0916. The Balaban J connectivity index is 1.67. The van der Waals surface area contributed by atoms with Crippen LogP contribution >= 0.6 is 0 Å². The van der Waals surface area contributed by atoms with E-state index in [9.17, 15) is 4.79 Å². The topological polar surface area (TPSA) is 88.2 Å². The van der Waals surface area contributed by atoms with E-state index >= 15 is 0 Å². The van der Waals surface area contributed by atoms with Gasteiger partial charge in [0.1, 0.15) is 0 Å². The Morgan fingerprint density at radius 2 is 2.04 bits per heavy atom. The summed E-state index contributed by atoms with van der Waals surface area (Å²) >= 11 is 0. The average molecular weight is 315 g/mol. The van der Waals surface area contributed by atoms with Crippen LogP contribution in [0.3, 0.4) is 0 Å². The number of benzene rings is 1. The molecule has 2 atom stereocenters. The number of aromatic nitrogens is 2. The first-order valence-electron chi connectivity index (χ1n) is 7.94. The van der Waals surface area contributed by atoms with Crippen LogP contribution in [0, 0.1) is 5.92 Å². The molecular formula is C17H21N3O3. The zero-order valence-electron chi connectivity index (χ0n) is 13.3. The standard InChI is InChI=1S/C17H21N3O3/c1-10(9-21)11(2)18-16(22)13-5-7-14(8-6-13)17-19-15(20-23-17)12-3-4-12/h5-8,10-12,21H,3-4,9H2,1-2H3,(H,18,22). The van der Waals surface area contributed by atoms with E-state index in [1.54, 1.807) is 24.3 Å². The van der Waals surface area contributed by atoms with Gasteiger partial charge in [0, 0.05) is 29.7 Å². The Labute approximate surface area is 134 Å². The van der Waals surface area contributed by atoms with Gasteiger partial charge in [-0.05, 0) is 49.9 Å². The van der Waals surface area contributed by atoms with E-state index in [0.29, 0.717) is 17.4 Å². The minimum Gasteiger partial charge on any atom is -0.396 e. The molecule has 1 amide bonds. The van der Waals surface area contributed by atoms with Crippen molar-refractivity contribution >= 4 is 5.91 Å². The number of carbonyl (C=O) groups excluding carboxylic acids is 1. The Morgan fingerprint density at radius 3 is 2.65 bits per heavy atom. The first kappa shape index (κ1) is 15.7. The number of rotatable bonds is 6. The van der Waals surface area contributed by atoms with Crippen LogP contribution in [0.25, 0.3) is 11.5 Å². The number of aliphatic hydroxyl groups excluding tert-OH is 1. The van der Waals surface area contributed by atoms with E-state index in [0.717, 1.165) is 24.2 Å². The smallest absolute Gasteiger partial charge is 0.257 e. The Kier molecular flexibility index (Phi) is 4.43. The van der Waals surface area contributed by atoms with Gasteiger partial charge in [-0.15, -0.1) is 0 Å². The molecule has 2 N–H and O–H groups in total. The molecule has 2 aromatic rings. The van der Waals surface area contributed by atoms with Crippen molar-refractivity contribution in [2.45, 2.75) is 38.6 Å². The third-order valence-electron chi connectivity index (χ3n) is 4.28. The molecular weight excluding hydrogens is 294 g/mol. The highest BCUT2D eigenvalue weighted by molar-refractivity contribution is 5.94. The summed E-state index contributed by atoms with van der Waals surface area (Å²) in [4.78, 5) is 16.6. The summed E-state index contributed by atoms with van der Waals surface area (Å²) < 4.78 is 5.27. The normalized spacial score (nSPS) is 16.8. The molecule has 1 saturated carbocycles. The molecule has 1 aliphatic carbocycles. The largest absolute Gasteiger partial charge is 0.396 e. The second-order valence-corrected chi connectivity index (χ2v) is 6.23. The van der Waals surface area contributed by atoms with Gasteiger partial charge in [0.25, 0.3) is 11.8 Å². The van der Waals surface area contributed by atoms with Crippen molar-refractivity contribution in [3.63, 3.8) is 0 Å². The minimum absolute atomic E-state index is 0.0115. The second kappa shape index (κ2) is 6.50. The molecule has 1 aromatic heterocycles. The molecule has 1 heterocycles. The van der Waals surface area contributed by atoms with Crippen LogP contribution in [-0.4, -0.2) is 33.8 Å². The molecule has 3 rings (SSSR count). The van der Waals surface area contributed by atoms with Gasteiger partial charge in [-0.25, -0.2) is 0 Å². The van der Waals surface area contributed by atoms with Crippen LogP contribution in [0.15, 0.2) is 28.8 Å². The molecule has 1 aromatic carbocycles. The molecule has 1 fully saturated rings. The molecule has 0 bridgehead atoms. The lowest BCUT2D eigenvalue weighted by atomic mass is 10.0. The molecule has 122 valence electrons. The zero-order valence-corrected chi connectivity index (χ0v) is 13.3. The molecule has 6 heteroatoms. The van der Waals surface area contributed by atoms with Gasteiger partial charge < -0.3 is 14.9 Å². The third kappa shape index (κ3) is 3.59. The van der Waals surface area contributed by atoms with Crippen LogP contribution in [0.4, 0.5) is 0 Å². The third-order valence-corrected chi connectivity index (χ3v) is 4.28. The number of amides is 1. The van der Waals surface area contributed by atoms with Crippen molar-refractivity contribution in [3.05, 3.63) is 35.7 Å². The quantitative estimate of drug-likeness (QED) is 0.854. The van der Waals surface area contributed by atoms with Crippen molar-refractivity contribution in [3.8, 4) is 11.5 Å². The van der Waals surface area contributed by atoms with Crippen LogP contribution in [-0.2, 0) is 0 Å². The average Bonchev–Trinajstić information content (AvgIpc) is 3.31. The molecule has 1 aliphatic rings. The molecule has 0 spiro atoms. The van der Waals surface area contributed by atoms with Crippen LogP contribution < -0.4 is 5.32 Å². The Morgan fingerprint density at radius 1 is 1.35 bits per heavy atom. The predicted molar refractivity (Wildman–Crippen MR) is 84.9 cm³/mol. The zero-order chi connectivity index (χ0) is 16.4. The van der Waals surface area contributed by atoms with E-state index in [1.165, 1.54) is 0 Å². The van der Waals surface area contributed by atoms with E-state index in [2.05, 4.69) is 15.5 Å².